The summed E-state index contributed by atoms with van der Waals surface area (Å²) in [6.07, 6.45) is 1.19. The van der Waals surface area contributed by atoms with Crippen LogP contribution in [0.5, 0.6) is 11.5 Å². The number of furan rings is 1. The summed E-state index contributed by atoms with van der Waals surface area (Å²) in [6.45, 7) is 1.13. The number of benzene rings is 3. The van der Waals surface area contributed by atoms with Crippen LogP contribution in [0.4, 0.5) is 5.69 Å². The van der Waals surface area contributed by atoms with E-state index in [1.54, 1.807) is 37.3 Å². The number of hydrogen-bond donors (Lipinski definition) is 3. The molecule has 1 heterocycles. The van der Waals surface area contributed by atoms with Gasteiger partial charge in [-0.1, -0.05) is 30.3 Å². The van der Waals surface area contributed by atoms with Gasteiger partial charge in [-0.25, -0.2) is 18.6 Å². The molecule has 3 aromatic carbocycles. The van der Waals surface area contributed by atoms with Crippen molar-refractivity contribution in [3.05, 3.63) is 108 Å². The summed E-state index contributed by atoms with van der Waals surface area (Å²) in [5.74, 6) is -2.03. The molecular weight excluding hydrogens is 670 g/mol. The summed E-state index contributed by atoms with van der Waals surface area (Å²) < 4.78 is 49.3. The molecular formula is C34H35N5O10S. The second-order valence-electron chi connectivity index (χ2n) is 10.3. The number of carbonyl (C=O) groups excluding carboxylic acids is 4. The van der Waals surface area contributed by atoms with Crippen LogP contribution in [0.3, 0.4) is 0 Å². The minimum absolute atomic E-state index is 0.0955. The zero-order chi connectivity index (χ0) is 36.1. The number of amides is 3. The molecule has 262 valence electrons. The Kier molecular flexibility index (Phi) is 12.8. The van der Waals surface area contributed by atoms with Crippen molar-refractivity contribution in [2.45, 2.75) is 24.9 Å². The highest BCUT2D eigenvalue weighted by molar-refractivity contribution is 7.89. The number of sulfonamides is 1. The Hall–Kier alpha value is -6.00. The molecule has 0 saturated carbocycles. The Labute approximate surface area is 288 Å². The van der Waals surface area contributed by atoms with Crippen molar-refractivity contribution in [2.24, 2.45) is 5.10 Å². The van der Waals surface area contributed by atoms with Crippen molar-refractivity contribution in [1.82, 2.24) is 15.0 Å². The van der Waals surface area contributed by atoms with E-state index in [1.807, 2.05) is 0 Å². The first-order valence-electron chi connectivity index (χ1n) is 15.1. The molecule has 3 N–H and O–H groups in total. The number of hydrogen-bond acceptors (Lipinski definition) is 11. The van der Waals surface area contributed by atoms with Gasteiger partial charge in [-0.2, -0.15) is 9.41 Å². The third kappa shape index (κ3) is 10.0. The van der Waals surface area contributed by atoms with Crippen molar-refractivity contribution >= 4 is 45.6 Å². The highest BCUT2D eigenvalue weighted by Crippen LogP contribution is 2.31. The standard InChI is InChI=1S/C34H35N5O10S/c1-4-48-34(43)24-10-12-25(13-11-24)37-33(42)32(41)35-19-26-14-15-27(49-26)20-36-38-31(40)22-39(21-23-8-6-5-7-9-23)50(44,45)28-16-17-29(46-2)30(18-28)47-3/h5-18,20H,4,19,21-22H2,1-3H3,(H,35,41)(H,37,42)(H,38,40)/b36-20-. The van der Waals surface area contributed by atoms with Gasteiger partial charge in [0.2, 0.25) is 10.0 Å². The summed E-state index contributed by atoms with van der Waals surface area (Å²) in [4.78, 5) is 49.1. The maximum atomic E-state index is 13.7. The molecule has 16 heteroatoms. The Balaban J connectivity index is 1.32. The number of carbonyl (C=O) groups is 4. The Morgan fingerprint density at radius 2 is 1.60 bits per heavy atom. The maximum absolute atomic E-state index is 13.7. The Bertz CT molecular complexity index is 1940. The molecule has 0 aliphatic heterocycles. The zero-order valence-corrected chi connectivity index (χ0v) is 28.2. The van der Waals surface area contributed by atoms with Gasteiger partial charge in [-0.15, -0.1) is 0 Å². The molecule has 3 amide bonds. The Morgan fingerprint density at radius 1 is 0.880 bits per heavy atom. The molecule has 1 aromatic heterocycles. The molecule has 0 aliphatic carbocycles. The highest BCUT2D eigenvalue weighted by Gasteiger charge is 2.28. The van der Waals surface area contributed by atoms with Gasteiger partial charge in [-0.05, 0) is 61.0 Å². The van der Waals surface area contributed by atoms with E-state index in [2.05, 4.69) is 21.2 Å². The van der Waals surface area contributed by atoms with Gasteiger partial charge in [0.05, 0.1) is 50.6 Å². The molecule has 4 rings (SSSR count). The van der Waals surface area contributed by atoms with Crippen molar-refractivity contribution in [1.29, 1.82) is 0 Å². The fraction of sp³-hybridized carbons (Fsp3) is 0.206. The largest absolute Gasteiger partial charge is 0.493 e. The van der Waals surface area contributed by atoms with E-state index in [0.717, 1.165) is 4.31 Å². The van der Waals surface area contributed by atoms with Crippen LogP contribution >= 0.6 is 0 Å². The van der Waals surface area contributed by atoms with E-state index < -0.39 is 40.3 Å². The van der Waals surface area contributed by atoms with E-state index in [4.69, 9.17) is 18.6 Å². The van der Waals surface area contributed by atoms with Crippen molar-refractivity contribution in [3.8, 4) is 11.5 Å². The van der Waals surface area contributed by atoms with Crippen molar-refractivity contribution in [2.75, 3.05) is 32.7 Å². The van der Waals surface area contributed by atoms with Gasteiger partial charge in [0.15, 0.2) is 11.5 Å². The minimum atomic E-state index is -4.18. The predicted molar refractivity (Wildman–Crippen MR) is 181 cm³/mol. The summed E-state index contributed by atoms with van der Waals surface area (Å²) >= 11 is 0. The first-order valence-corrected chi connectivity index (χ1v) is 16.5. The monoisotopic (exact) mass is 705 g/mol. The van der Waals surface area contributed by atoms with E-state index in [9.17, 15) is 27.6 Å². The summed E-state index contributed by atoms with van der Waals surface area (Å²) in [5, 5.41) is 8.71. The van der Waals surface area contributed by atoms with Crippen LogP contribution in [0.2, 0.25) is 0 Å². The number of hydrazone groups is 1. The predicted octanol–water partition coefficient (Wildman–Crippen LogP) is 3.07. The van der Waals surface area contributed by atoms with Crippen molar-refractivity contribution < 1.29 is 46.2 Å². The van der Waals surface area contributed by atoms with Gasteiger partial charge in [0.1, 0.15) is 11.5 Å². The first-order chi connectivity index (χ1) is 24.0. The molecule has 0 bridgehead atoms. The third-order valence-electron chi connectivity index (χ3n) is 6.86. The SMILES string of the molecule is CCOC(=O)c1ccc(NC(=O)C(=O)NCc2ccc(/C=N\NC(=O)CN(Cc3ccccc3)S(=O)(=O)c3ccc(OC)c(OC)c3)o2)cc1. The lowest BCUT2D eigenvalue weighted by Crippen LogP contribution is -2.39. The van der Waals surface area contributed by atoms with E-state index in [1.165, 1.54) is 75.0 Å². The number of ether oxygens (including phenoxy) is 3. The first kappa shape index (κ1) is 36.8. The fourth-order valence-electron chi connectivity index (χ4n) is 4.40. The summed E-state index contributed by atoms with van der Waals surface area (Å²) in [6, 6.07) is 21.8. The molecule has 0 fully saturated rings. The number of methoxy groups -OCH3 is 2. The average molecular weight is 706 g/mol. The minimum Gasteiger partial charge on any atom is -0.493 e. The topological polar surface area (TPSA) is 195 Å². The van der Waals surface area contributed by atoms with Gasteiger partial charge in [-0.3, -0.25) is 14.4 Å². The van der Waals surface area contributed by atoms with Crippen LogP contribution in [0, 0.1) is 0 Å². The van der Waals surface area contributed by atoms with Crippen LogP contribution in [0.1, 0.15) is 34.4 Å². The van der Waals surface area contributed by atoms with Crippen LogP contribution in [-0.2, 0) is 42.2 Å². The number of nitrogens with zero attached hydrogens (tertiary/aromatic N) is 2. The molecule has 4 aromatic rings. The number of esters is 1. The normalized spacial score (nSPS) is 11.2. The lowest BCUT2D eigenvalue weighted by atomic mass is 10.2. The highest BCUT2D eigenvalue weighted by atomic mass is 32.2. The lowest BCUT2D eigenvalue weighted by molar-refractivity contribution is -0.136. The van der Waals surface area contributed by atoms with Crippen LogP contribution in [-0.4, -0.2) is 70.0 Å². The number of nitrogens with one attached hydrogen (secondary N) is 3. The maximum Gasteiger partial charge on any atom is 0.338 e. The summed E-state index contributed by atoms with van der Waals surface area (Å²) in [7, 11) is -1.37. The molecule has 15 nitrogen and oxygen atoms in total. The van der Waals surface area contributed by atoms with Gasteiger partial charge in [0.25, 0.3) is 5.91 Å². The quantitative estimate of drug-likeness (QED) is 0.0716. The van der Waals surface area contributed by atoms with E-state index in [-0.39, 0.29) is 41.9 Å². The second-order valence-corrected chi connectivity index (χ2v) is 12.2. The van der Waals surface area contributed by atoms with Gasteiger partial charge >= 0.3 is 17.8 Å². The van der Waals surface area contributed by atoms with E-state index in [0.29, 0.717) is 22.6 Å². The molecule has 0 spiro atoms. The molecule has 0 atom stereocenters. The zero-order valence-electron chi connectivity index (χ0n) is 27.4. The fourth-order valence-corrected chi connectivity index (χ4v) is 5.80. The van der Waals surface area contributed by atoms with Gasteiger partial charge < -0.3 is 29.3 Å². The Morgan fingerprint density at radius 3 is 2.28 bits per heavy atom. The number of rotatable bonds is 15. The van der Waals surface area contributed by atoms with Gasteiger partial charge in [0, 0.05) is 18.3 Å². The molecule has 50 heavy (non-hydrogen) atoms. The van der Waals surface area contributed by atoms with Crippen molar-refractivity contribution in [3.63, 3.8) is 0 Å². The smallest absolute Gasteiger partial charge is 0.338 e. The van der Waals surface area contributed by atoms with E-state index >= 15 is 0 Å². The average Bonchev–Trinajstić information content (AvgIpc) is 3.58. The second kappa shape index (κ2) is 17.4. The van der Waals surface area contributed by atoms with Crippen LogP contribution in [0.25, 0.3) is 0 Å². The summed E-state index contributed by atoms with van der Waals surface area (Å²) in [5.41, 5.74) is 3.56. The lowest BCUT2D eigenvalue weighted by Gasteiger charge is -2.22. The third-order valence-corrected chi connectivity index (χ3v) is 8.65. The molecule has 0 saturated heterocycles. The van der Waals surface area contributed by atoms with Crippen LogP contribution < -0.4 is 25.5 Å². The molecule has 0 aliphatic rings. The van der Waals surface area contributed by atoms with Crippen LogP contribution in [0.15, 0.2) is 99.3 Å². The number of anilines is 1. The molecule has 0 radical (unpaired) electrons. The molecule has 0 unspecified atom stereocenters.